The molecule has 0 unspecified atom stereocenters. The molecule has 2 nitrogen and oxygen atoms in total. The SMILES string of the molecule is CC=Cc1cccc(F)cnc[nH]1. The number of H-pyrrole nitrogens is 1. The molecule has 68 valence electrons. The second-order valence-electron chi connectivity index (χ2n) is 2.42. The van der Waals surface area contributed by atoms with Gasteiger partial charge in [0.25, 0.3) is 0 Å². The zero-order valence-electron chi connectivity index (χ0n) is 7.37. The van der Waals surface area contributed by atoms with Gasteiger partial charge in [-0.25, -0.2) is 9.37 Å². The van der Waals surface area contributed by atoms with Gasteiger partial charge in [0.15, 0.2) is 0 Å². The van der Waals surface area contributed by atoms with Crippen LogP contribution >= 0.6 is 0 Å². The average Bonchev–Trinajstić information content (AvgIpc) is 2.20. The first-order valence-electron chi connectivity index (χ1n) is 3.98. The Kier molecular flexibility index (Phi) is 3.70. The Bertz CT molecular complexity index is 341. The van der Waals surface area contributed by atoms with Gasteiger partial charge < -0.3 is 4.98 Å². The molecule has 1 aromatic heterocycles. The van der Waals surface area contributed by atoms with Crippen molar-refractivity contribution < 1.29 is 4.39 Å². The number of allylic oxidation sites excluding steroid dienone is 1. The number of halogens is 1. The Morgan fingerprint density at radius 1 is 1.46 bits per heavy atom. The van der Waals surface area contributed by atoms with Crippen molar-refractivity contribution >= 4 is 6.08 Å². The number of hydrogen-bond acceptors (Lipinski definition) is 1. The van der Waals surface area contributed by atoms with Crippen LogP contribution in [0, 0.1) is 5.82 Å². The maximum atomic E-state index is 12.7. The summed E-state index contributed by atoms with van der Waals surface area (Å²) in [4.78, 5) is 6.61. The highest BCUT2D eigenvalue weighted by Crippen LogP contribution is 1.94. The van der Waals surface area contributed by atoms with Gasteiger partial charge in [0.1, 0.15) is 5.82 Å². The number of nitrogens with one attached hydrogen (secondary N) is 1. The number of rotatable bonds is 1. The van der Waals surface area contributed by atoms with Gasteiger partial charge in [0.05, 0.1) is 12.5 Å². The molecular weight excluding hydrogens is 167 g/mol. The molecule has 1 heterocycles. The van der Waals surface area contributed by atoms with E-state index >= 15 is 0 Å². The summed E-state index contributed by atoms with van der Waals surface area (Å²) in [7, 11) is 0. The predicted molar refractivity (Wildman–Crippen MR) is 50.9 cm³/mol. The minimum atomic E-state index is -0.365. The van der Waals surface area contributed by atoms with Crippen molar-refractivity contribution in [2.75, 3.05) is 0 Å². The summed E-state index contributed by atoms with van der Waals surface area (Å²) in [6, 6.07) is 4.75. The number of aromatic nitrogens is 2. The second-order valence-corrected chi connectivity index (χ2v) is 2.42. The summed E-state index contributed by atoms with van der Waals surface area (Å²) >= 11 is 0. The summed E-state index contributed by atoms with van der Waals surface area (Å²) in [5.74, 6) is -0.365. The lowest BCUT2D eigenvalue weighted by molar-refractivity contribution is 0.623. The first-order valence-corrected chi connectivity index (χ1v) is 3.98. The monoisotopic (exact) mass is 178 g/mol. The van der Waals surface area contributed by atoms with Crippen LogP contribution in [0.3, 0.4) is 0 Å². The fourth-order valence-electron chi connectivity index (χ4n) is 0.838. The standard InChI is InChI=1S/C10H11FN2/c1-2-4-10-6-3-5-9(11)7-12-8-13-10/h2-8H,1H3,(H,12,13). The molecule has 0 amide bonds. The van der Waals surface area contributed by atoms with Crippen LogP contribution in [-0.2, 0) is 0 Å². The van der Waals surface area contributed by atoms with Crippen LogP contribution in [0.5, 0.6) is 0 Å². The molecule has 0 fully saturated rings. The highest BCUT2D eigenvalue weighted by atomic mass is 19.1. The lowest BCUT2D eigenvalue weighted by Gasteiger charge is -1.84. The zero-order valence-corrected chi connectivity index (χ0v) is 7.37. The molecule has 0 radical (unpaired) electrons. The fraction of sp³-hybridized carbons (Fsp3) is 0.100. The Morgan fingerprint density at radius 2 is 2.31 bits per heavy atom. The summed E-state index contributed by atoms with van der Waals surface area (Å²) in [6.07, 6.45) is 6.36. The molecule has 13 heavy (non-hydrogen) atoms. The van der Waals surface area contributed by atoms with E-state index in [-0.39, 0.29) is 5.82 Å². The molecule has 0 bridgehead atoms. The quantitative estimate of drug-likeness (QED) is 0.703. The number of hydrogen-bond donors (Lipinski definition) is 1. The molecule has 0 saturated carbocycles. The van der Waals surface area contributed by atoms with Crippen molar-refractivity contribution in [3.63, 3.8) is 0 Å². The predicted octanol–water partition coefficient (Wildman–Crippen LogP) is 2.71. The lowest BCUT2D eigenvalue weighted by atomic mass is 10.3. The topological polar surface area (TPSA) is 28.7 Å². The molecule has 0 aliphatic heterocycles. The van der Waals surface area contributed by atoms with Gasteiger partial charge >= 0.3 is 0 Å². The molecular formula is C10H11FN2. The van der Waals surface area contributed by atoms with Crippen LogP contribution in [0.1, 0.15) is 12.6 Å². The Labute approximate surface area is 76.5 Å². The van der Waals surface area contributed by atoms with Crippen LogP contribution in [0.15, 0.2) is 36.8 Å². The van der Waals surface area contributed by atoms with E-state index in [2.05, 4.69) is 9.97 Å². The highest BCUT2D eigenvalue weighted by molar-refractivity contribution is 5.42. The Hall–Kier alpha value is -1.64. The van der Waals surface area contributed by atoms with Crippen molar-refractivity contribution in [1.29, 1.82) is 0 Å². The van der Waals surface area contributed by atoms with Gasteiger partial charge in [-0.05, 0) is 25.1 Å². The molecule has 1 aromatic rings. The van der Waals surface area contributed by atoms with E-state index in [1.165, 1.54) is 12.4 Å². The molecule has 3 heteroatoms. The van der Waals surface area contributed by atoms with Crippen molar-refractivity contribution in [2.24, 2.45) is 0 Å². The van der Waals surface area contributed by atoms with Gasteiger partial charge in [-0.15, -0.1) is 0 Å². The maximum Gasteiger partial charge on any atom is 0.141 e. The maximum absolute atomic E-state index is 12.7. The molecule has 0 aliphatic carbocycles. The van der Waals surface area contributed by atoms with E-state index < -0.39 is 0 Å². The smallest absolute Gasteiger partial charge is 0.141 e. The Balaban J connectivity index is 3.16. The van der Waals surface area contributed by atoms with E-state index in [1.807, 2.05) is 19.1 Å². The van der Waals surface area contributed by atoms with Gasteiger partial charge in [-0.2, -0.15) is 0 Å². The van der Waals surface area contributed by atoms with E-state index in [9.17, 15) is 4.39 Å². The summed E-state index contributed by atoms with van der Waals surface area (Å²) in [6.45, 7) is 1.91. The van der Waals surface area contributed by atoms with Crippen molar-refractivity contribution in [2.45, 2.75) is 6.92 Å². The summed E-state index contributed by atoms with van der Waals surface area (Å²) < 4.78 is 12.7. The van der Waals surface area contributed by atoms with Crippen molar-refractivity contribution in [3.05, 3.63) is 48.3 Å². The van der Waals surface area contributed by atoms with Gasteiger partial charge in [0.2, 0.25) is 0 Å². The van der Waals surface area contributed by atoms with E-state index in [0.29, 0.717) is 0 Å². The fourth-order valence-corrected chi connectivity index (χ4v) is 0.838. The normalized spacial score (nSPS) is 10.0. The minimum absolute atomic E-state index is 0.365. The van der Waals surface area contributed by atoms with E-state index in [0.717, 1.165) is 11.9 Å². The molecule has 0 atom stereocenters. The third-order valence-corrected chi connectivity index (χ3v) is 1.38. The first kappa shape index (κ1) is 9.45. The number of aromatic amines is 1. The number of nitrogens with zero attached hydrogens (tertiary/aromatic N) is 1. The van der Waals surface area contributed by atoms with Crippen molar-refractivity contribution in [3.8, 4) is 0 Å². The molecule has 1 N–H and O–H groups in total. The summed E-state index contributed by atoms with van der Waals surface area (Å²) in [5.41, 5.74) is 0.866. The summed E-state index contributed by atoms with van der Waals surface area (Å²) in [5, 5.41) is 0. The van der Waals surface area contributed by atoms with E-state index in [4.69, 9.17) is 0 Å². The lowest BCUT2D eigenvalue weighted by Crippen LogP contribution is -1.73. The molecule has 0 aromatic carbocycles. The van der Waals surface area contributed by atoms with Crippen LogP contribution in [0.25, 0.3) is 6.08 Å². The molecule has 0 aliphatic rings. The highest BCUT2D eigenvalue weighted by Gasteiger charge is 1.81. The largest absolute Gasteiger partial charge is 0.346 e. The van der Waals surface area contributed by atoms with Gasteiger partial charge in [0, 0.05) is 5.69 Å². The van der Waals surface area contributed by atoms with Crippen LogP contribution in [-0.4, -0.2) is 9.97 Å². The first-order chi connectivity index (χ1) is 6.33. The van der Waals surface area contributed by atoms with Crippen molar-refractivity contribution in [1.82, 2.24) is 9.97 Å². The molecule has 0 spiro atoms. The second kappa shape index (κ2) is 5.09. The molecule has 0 saturated heterocycles. The minimum Gasteiger partial charge on any atom is -0.346 e. The third-order valence-electron chi connectivity index (χ3n) is 1.38. The zero-order chi connectivity index (χ0) is 9.52. The molecule has 1 rings (SSSR count). The van der Waals surface area contributed by atoms with E-state index in [1.54, 1.807) is 12.1 Å². The van der Waals surface area contributed by atoms with Crippen LogP contribution < -0.4 is 0 Å². The van der Waals surface area contributed by atoms with Crippen LogP contribution in [0.4, 0.5) is 4.39 Å². The third kappa shape index (κ3) is 3.51. The Morgan fingerprint density at radius 3 is 3.08 bits per heavy atom. The average molecular weight is 178 g/mol. The van der Waals surface area contributed by atoms with Gasteiger partial charge in [-0.1, -0.05) is 12.1 Å². The van der Waals surface area contributed by atoms with Crippen LogP contribution in [0.2, 0.25) is 0 Å². The van der Waals surface area contributed by atoms with Gasteiger partial charge in [-0.3, -0.25) is 0 Å².